The Kier molecular flexibility index (Phi) is 6.67. The van der Waals surface area contributed by atoms with E-state index in [4.69, 9.17) is 15.2 Å². The number of carbonyl (C=O) groups is 2. The molecular weight excluding hydrogens is 394 g/mol. The van der Waals surface area contributed by atoms with Gasteiger partial charge in [0.15, 0.2) is 11.5 Å². The molecule has 0 saturated heterocycles. The van der Waals surface area contributed by atoms with Crippen LogP contribution in [0.5, 0.6) is 0 Å². The van der Waals surface area contributed by atoms with Crippen LogP contribution in [0.4, 0.5) is 5.82 Å². The van der Waals surface area contributed by atoms with Gasteiger partial charge < -0.3 is 25.4 Å². The van der Waals surface area contributed by atoms with E-state index in [-0.39, 0.29) is 24.7 Å². The van der Waals surface area contributed by atoms with Gasteiger partial charge in [-0.3, -0.25) is 9.36 Å². The number of aliphatic hydroxyl groups excluding tert-OH is 2. The van der Waals surface area contributed by atoms with Crippen molar-refractivity contribution in [3.05, 3.63) is 48.0 Å². The molecule has 3 rings (SSSR count). The minimum absolute atomic E-state index is 0.0903. The molecule has 0 bridgehead atoms. The lowest BCUT2D eigenvalue weighted by Gasteiger charge is -2.25. The Morgan fingerprint density at radius 3 is 2.63 bits per heavy atom. The molecule has 2 heterocycles. The van der Waals surface area contributed by atoms with Crippen LogP contribution < -0.4 is 5.73 Å². The van der Waals surface area contributed by atoms with E-state index in [9.17, 15) is 19.8 Å². The maximum Gasteiger partial charge on any atom is 0.338 e. The van der Waals surface area contributed by atoms with Crippen LogP contribution in [0, 0.1) is 0 Å². The molecule has 1 unspecified atom stereocenters. The smallest absolute Gasteiger partial charge is 0.338 e. The van der Waals surface area contributed by atoms with E-state index < -0.39 is 24.3 Å². The molecule has 3 aromatic rings. The van der Waals surface area contributed by atoms with Gasteiger partial charge in [-0.25, -0.2) is 19.7 Å². The first kappa shape index (κ1) is 21.3. The zero-order chi connectivity index (χ0) is 21.7. The summed E-state index contributed by atoms with van der Waals surface area (Å²) >= 11 is 0. The highest BCUT2D eigenvalue weighted by Crippen LogP contribution is 2.16. The summed E-state index contributed by atoms with van der Waals surface area (Å²) in [5.41, 5.74) is 7.24. The predicted molar refractivity (Wildman–Crippen MR) is 104 cm³/mol. The van der Waals surface area contributed by atoms with Gasteiger partial charge in [0, 0.05) is 5.56 Å². The molecule has 3 atom stereocenters. The number of ether oxygens (including phenoxy) is 2. The van der Waals surface area contributed by atoms with Crippen LogP contribution in [0.15, 0.2) is 36.9 Å². The fourth-order valence-electron chi connectivity index (χ4n) is 2.66. The van der Waals surface area contributed by atoms with E-state index in [0.717, 1.165) is 0 Å². The van der Waals surface area contributed by atoms with Crippen LogP contribution in [0.2, 0.25) is 0 Å². The summed E-state index contributed by atoms with van der Waals surface area (Å²) in [6, 6.07) is 5.88. The van der Waals surface area contributed by atoms with Gasteiger partial charge in [0.1, 0.15) is 43.7 Å². The number of nitrogens with zero attached hydrogens (tertiary/aromatic N) is 4. The van der Waals surface area contributed by atoms with Crippen LogP contribution >= 0.6 is 0 Å². The average Bonchev–Trinajstić information content (AvgIpc) is 3.17. The molecule has 0 spiro atoms. The topological polar surface area (TPSA) is 163 Å². The normalized spacial score (nSPS) is 14.2. The van der Waals surface area contributed by atoms with Crippen molar-refractivity contribution in [2.75, 3.05) is 12.3 Å². The highest BCUT2D eigenvalue weighted by Gasteiger charge is 2.26. The number of nitrogen functional groups attached to an aromatic ring is 1. The molecule has 0 radical (unpaired) electrons. The van der Waals surface area contributed by atoms with Crippen molar-refractivity contribution in [3.63, 3.8) is 0 Å². The lowest BCUT2D eigenvalue weighted by Crippen LogP contribution is -2.41. The number of fused-ring (bicyclic) bond motifs is 1. The summed E-state index contributed by atoms with van der Waals surface area (Å²) in [5.74, 6) is -0.443. The number of imidazole rings is 1. The van der Waals surface area contributed by atoms with Crippen molar-refractivity contribution in [1.82, 2.24) is 19.5 Å². The van der Waals surface area contributed by atoms with Crippen LogP contribution in [0.1, 0.15) is 27.6 Å². The first-order chi connectivity index (χ1) is 14.4. The second-order valence-corrected chi connectivity index (χ2v) is 6.55. The van der Waals surface area contributed by atoms with Crippen molar-refractivity contribution < 1.29 is 29.3 Å². The molecular formula is C19H21N5O6. The molecule has 11 nitrogen and oxygen atoms in total. The number of carbonyl (C=O) groups excluding carboxylic acids is 2. The number of hydrogen-bond donors (Lipinski definition) is 3. The number of aldehydes is 1. The number of aromatic nitrogens is 4. The first-order valence-corrected chi connectivity index (χ1v) is 9.02. The summed E-state index contributed by atoms with van der Waals surface area (Å²) in [7, 11) is 0. The van der Waals surface area contributed by atoms with Gasteiger partial charge in [-0.1, -0.05) is 12.1 Å². The van der Waals surface area contributed by atoms with E-state index in [2.05, 4.69) is 15.0 Å². The Balaban J connectivity index is 1.67. The summed E-state index contributed by atoms with van der Waals surface area (Å²) < 4.78 is 12.4. The minimum atomic E-state index is -1.32. The first-order valence-electron chi connectivity index (χ1n) is 9.02. The summed E-state index contributed by atoms with van der Waals surface area (Å²) in [4.78, 5) is 35.0. The number of benzene rings is 1. The second kappa shape index (κ2) is 9.39. The van der Waals surface area contributed by atoms with E-state index in [1.807, 2.05) is 0 Å². The van der Waals surface area contributed by atoms with E-state index in [1.54, 1.807) is 0 Å². The largest absolute Gasteiger partial charge is 0.459 e. The molecule has 0 aliphatic heterocycles. The van der Waals surface area contributed by atoms with Gasteiger partial charge >= 0.3 is 5.97 Å². The monoisotopic (exact) mass is 415 g/mol. The molecule has 11 heteroatoms. The van der Waals surface area contributed by atoms with Crippen LogP contribution in [-0.4, -0.2) is 66.9 Å². The molecule has 1 aromatic carbocycles. The van der Waals surface area contributed by atoms with Crippen molar-refractivity contribution in [2.24, 2.45) is 0 Å². The minimum Gasteiger partial charge on any atom is -0.459 e. The van der Waals surface area contributed by atoms with Crippen molar-refractivity contribution in [2.45, 2.75) is 32.0 Å². The Bertz CT molecular complexity index is 1020. The number of nitrogens with two attached hydrogens (primary N) is 1. The molecule has 4 N–H and O–H groups in total. The van der Waals surface area contributed by atoms with Crippen LogP contribution in [0.25, 0.3) is 11.2 Å². The fourth-order valence-corrected chi connectivity index (χ4v) is 2.66. The highest BCUT2D eigenvalue weighted by molar-refractivity contribution is 5.90. The van der Waals surface area contributed by atoms with Crippen molar-refractivity contribution in [1.29, 1.82) is 0 Å². The third-order valence-electron chi connectivity index (χ3n) is 4.39. The van der Waals surface area contributed by atoms with Crippen LogP contribution in [0.3, 0.4) is 0 Å². The molecule has 30 heavy (non-hydrogen) atoms. The highest BCUT2D eigenvalue weighted by atomic mass is 16.6. The molecule has 2 aromatic heterocycles. The standard InChI is InChI=1S/C19H21N5O6/c1-11(26)16(27)14(7-29-19(28)13-4-2-12(6-25)3-5-13)30-10-24-9-23-15-17(20)21-8-22-18(15)24/h2-6,8-9,11,14,16,26-27H,7,10H2,1H3,(H2,20,21,22)/t11-,14?,16-/m0/s1. The third-order valence-corrected chi connectivity index (χ3v) is 4.39. The van der Waals surface area contributed by atoms with Gasteiger partial charge in [-0.15, -0.1) is 0 Å². The van der Waals surface area contributed by atoms with E-state index >= 15 is 0 Å². The Morgan fingerprint density at radius 1 is 1.23 bits per heavy atom. The number of esters is 1. The summed E-state index contributed by atoms with van der Waals surface area (Å²) in [6.45, 7) is 0.985. The van der Waals surface area contributed by atoms with Gasteiger partial charge in [-0.05, 0) is 19.1 Å². The number of hydrogen-bond acceptors (Lipinski definition) is 10. The molecule has 0 aliphatic carbocycles. The summed E-state index contributed by atoms with van der Waals surface area (Å²) in [6.07, 6.45) is -0.0729. The molecule has 0 aliphatic rings. The van der Waals surface area contributed by atoms with Gasteiger partial charge in [0.2, 0.25) is 0 Å². The number of anilines is 1. The lowest BCUT2D eigenvalue weighted by atomic mass is 10.1. The lowest BCUT2D eigenvalue weighted by molar-refractivity contribution is -0.121. The Labute approximate surface area is 171 Å². The summed E-state index contributed by atoms with van der Waals surface area (Å²) in [5, 5.41) is 20.0. The Hall–Kier alpha value is -3.41. The molecule has 0 saturated carbocycles. The second-order valence-electron chi connectivity index (χ2n) is 6.55. The third kappa shape index (κ3) is 4.76. The van der Waals surface area contributed by atoms with Gasteiger partial charge in [-0.2, -0.15) is 0 Å². The number of aliphatic hydroxyl groups is 2. The zero-order valence-electron chi connectivity index (χ0n) is 16.1. The predicted octanol–water partition coefficient (Wildman–Crippen LogP) is 0.162. The molecule has 0 amide bonds. The van der Waals surface area contributed by atoms with Crippen molar-refractivity contribution in [3.8, 4) is 0 Å². The molecule has 0 fully saturated rings. The molecule has 158 valence electrons. The van der Waals surface area contributed by atoms with Crippen LogP contribution in [-0.2, 0) is 16.2 Å². The quantitative estimate of drug-likeness (QED) is 0.324. The average molecular weight is 415 g/mol. The SMILES string of the molecule is C[C@H](O)[C@H](O)C(COC(=O)c1ccc(C=O)cc1)OCn1cnc2c(N)ncnc21. The number of rotatable bonds is 9. The Morgan fingerprint density at radius 2 is 1.97 bits per heavy atom. The van der Waals surface area contributed by atoms with Gasteiger partial charge in [0.25, 0.3) is 0 Å². The van der Waals surface area contributed by atoms with Crippen molar-refractivity contribution >= 4 is 29.2 Å². The van der Waals surface area contributed by atoms with Gasteiger partial charge in [0.05, 0.1) is 18.0 Å². The van der Waals surface area contributed by atoms with E-state index in [0.29, 0.717) is 23.0 Å². The maximum atomic E-state index is 12.2. The van der Waals surface area contributed by atoms with E-state index in [1.165, 1.54) is 48.4 Å². The maximum absolute atomic E-state index is 12.2. The fraction of sp³-hybridized carbons (Fsp3) is 0.316. The zero-order valence-corrected chi connectivity index (χ0v) is 16.1.